The summed E-state index contributed by atoms with van der Waals surface area (Å²) in [5, 5.41) is 21.4. The monoisotopic (exact) mass is 358 g/mol. The number of benzene rings is 2. The Labute approximate surface area is 146 Å². The van der Waals surface area contributed by atoms with Crippen molar-refractivity contribution in [1.29, 1.82) is 0 Å². The van der Waals surface area contributed by atoms with Gasteiger partial charge in [-0.3, -0.25) is 0 Å². The second-order valence-electron chi connectivity index (χ2n) is 5.92. The van der Waals surface area contributed by atoms with Crippen molar-refractivity contribution in [2.75, 3.05) is 0 Å². The summed E-state index contributed by atoms with van der Waals surface area (Å²) in [6, 6.07) is 8.73. The van der Waals surface area contributed by atoms with Crippen molar-refractivity contribution >= 4 is 17.6 Å². The van der Waals surface area contributed by atoms with Crippen molar-refractivity contribution < 1.29 is 14.3 Å². The van der Waals surface area contributed by atoms with Gasteiger partial charge in [-0.05, 0) is 65.2 Å². The molecule has 1 aliphatic rings. The smallest absolute Gasteiger partial charge is 0.335 e. The topological polar surface area (TPSA) is 80.9 Å². The predicted molar refractivity (Wildman–Crippen MR) is 88.5 cm³/mol. The Morgan fingerprint density at radius 2 is 2.04 bits per heavy atom. The number of carboxylic acid groups (broad SMARTS) is 1. The molecule has 1 heterocycles. The van der Waals surface area contributed by atoms with Crippen LogP contribution < -0.4 is 0 Å². The van der Waals surface area contributed by atoms with Gasteiger partial charge in [-0.2, -0.15) is 4.68 Å². The van der Waals surface area contributed by atoms with Crippen LogP contribution in [0.5, 0.6) is 0 Å². The first-order chi connectivity index (χ1) is 12.0. The molecule has 3 aromatic rings. The second kappa shape index (κ2) is 5.93. The molecule has 1 N–H and O–H groups in total. The van der Waals surface area contributed by atoms with Gasteiger partial charge in [0.25, 0.3) is 0 Å². The Morgan fingerprint density at radius 1 is 1.24 bits per heavy atom. The maximum atomic E-state index is 13.3. The number of aromatic nitrogens is 4. The maximum Gasteiger partial charge on any atom is 0.335 e. The van der Waals surface area contributed by atoms with E-state index < -0.39 is 11.8 Å². The second-order valence-corrected chi connectivity index (χ2v) is 6.33. The fourth-order valence-electron chi connectivity index (χ4n) is 2.71. The third kappa shape index (κ3) is 2.98. The summed E-state index contributed by atoms with van der Waals surface area (Å²) < 4.78 is 14.9. The molecule has 8 heteroatoms. The molecule has 0 bridgehead atoms. The number of hydrogen-bond acceptors (Lipinski definition) is 4. The van der Waals surface area contributed by atoms with Crippen LogP contribution in [0.3, 0.4) is 0 Å². The normalized spacial score (nSPS) is 13.8. The molecule has 0 atom stereocenters. The van der Waals surface area contributed by atoms with Crippen LogP contribution in [0.15, 0.2) is 36.4 Å². The van der Waals surface area contributed by atoms with E-state index >= 15 is 0 Å². The number of carbonyl (C=O) groups is 1. The van der Waals surface area contributed by atoms with E-state index in [0.29, 0.717) is 28.6 Å². The van der Waals surface area contributed by atoms with Gasteiger partial charge in [0, 0.05) is 11.5 Å². The summed E-state index contributed by atoms with van der Waals surface area (Å²) in [6.45, 7) is 0. The van der Waals surface area contributed by atoms with E-state index in [1.165, 1.54) is 30.3 Å². The molecule has 0 saturated heterocycles. The number of halogens is 2. The van der Waals surface area contributed by atoms with E-state index in [1.54, 1.807) is 10.7 Å². The SMILES string of the molecule is O=C(O)c1cc(-c2ccc(F)cc2Cl)cc(-n2nnnc2C2CC2)c1. The van der Waals surface area contributed by atoms with Gasteiger partial charge >= 0.3 is 5.97 Å². The number of hydrogen-bond donors (Lipinski definition) is 1. The van der Waals surface area contributed by atoms with Crippen LogP contribution in [-0.2, 0) is 0 Å². The lowest BCUT2D eigenvalue weighted by Crippen LogP contribution is -2.05. The van der Waals surface area contributed by atoms with Crippen LogP contribution in [0.25, 0.3) is 16.8 Å². The van der Waals surface area contributed by atoms with Crippen molar-refractivity contribution in [3.63, 3.8) is 0 Å². The molecule has 1 saturated carbocycles. The zero-order chi connectivity index (χ0) is 17.6. The van der Waals surface area contributed by atoms with Gasteiger partial charge in [-0.1, -0.05) is 11.6 Å². The molecule has 0 radical (unpaired) electrons. The minimum Gasteiger partial charge on any atom is -0.478 e. The molecule has 1 aliphatic carbocycles. The first-order valence-electron chi connectivity index (χ1n) is 7.65. The number of carboxylic acids is 1. The Bertz CT molecular complexity index is 985. The van der Waals surface area contributed by atoms with Crippen LogP contribution in [0, 0.1) is 5.82 Å². The lowest BCUT2D eigenvalue weighted by molar-refractivity contribution is 0.0697. The molecule has 4 rings (SSSR count). The summed E-state index contributed by atoms with van der Waals surface area (Å²) in [7, 11) is 0. The van der Waals surface area contributed by atoms with Crippen LogP contribution in [0.4, 0.5) is 4.39 Å². The van der Waals surface area contributed by atoms with Crippen molar-refractivity contribution in [3.8, 4) is 16.8 Å². The Morgan fingerprint density at radius 3 is 2.72 bits per heavy atom. The number of nitrogens with zero attached hydrogens (tertiary/aromatic N) is 4. The molecule has 25 heavy (non-hydrogen) atoms. The summed E-state index contributed by atoms with van der Waals surface area (Å²) >= 11 is 6.13. The van der Waals surface area contributed by atoms with Crippen molar-refractivity contribution in [2.45, 2.75) is 18.8 Å². The molecule has 0 amide bonds. The highest BCUT2D eigenvalue weighted by Gasteiger charge is 2.30. The van der Waals surface area contributed by atoms with Crippen LogP contribution in [0.1, 0.15) is 34.9 Å². The minimum atomic E-state index is -1.08. The lowest BCUT2D eigenvalue weighted by Gasteiger charge is -2.10. The largest absolute Gasteiger partial charge is 0.478 e. The maximum absolute atomic E-state index is 13.3. The van der Waals surface area contributed by atoms with E-state index in [-0.39, 0.29) is 10.6 Å². The Kier molecular flexibility index (Phi) is 3.73. The highest BCUT2D eigenvalue weighted by molar-refractivity contribution is 6.33. The molecule has 0 spiro atoms. The van der Waals surface area contributed by atoms with Crippen molar-refractivity contribution in [1.82, 2.24) is 20.2 Å². The number of rotatable bonds is 4. The molecule has 0 unspecified atom stereocenters. The van der Waals surface area contributed by atoms with E-state index in [9.17, 15) is 14.3 Å². The highest BCUT2D eigenvalue weighted by atomic mass is 35.5. The standard InChI is InChI=1S/C17H12ClFN4O2/c18-15-8-12(19)3-4-14(15)10-5-11(17(24)25)7-13(6-10)23-16(9-1-2-9)20-21-22-23/h3-9H,1-2H2,(H,24,25). The summed E-state index contributed by atoms with van der Waals surface area (Å²) in [4.78, 5) is 11.5. The summed E-state index contributed by atoms with van der Waals surface area (Å²) in [5.74, 6) is -0.540. The van der Waals surface area contributed by atoms with Gasteiger partial charge in [-0.15, -0.1) is 5.10 Å². The average molecular weight is 359 g/mol. The molecular formula is C17H12ClFN4O2. The summed E-state index contributed by atoms with van der Waals surface area (Å²) in [5.41, 5.74) is 1.69. The van der Waals surface area contributed by atoms with E-state index in [1.807, 2.05) is 0 Å². The van der Waals surface area contributed by atoms with Crippen LogP contribution in [-0.4, -0.2) is 31.3 Å². The van der Waals surface area contributed by atoms with Gasteiger partial charge in [0.15, 0.2) is 5.82 Å². The lowest BCUT2D eigenvalue weighted by atomic mass is 10.0. The predicted octanol–water partition coefficient (Wildman–Crippen LogP) is 3.70. The fourth-order valence-corrected chi connectivity index (χ4v) is 2.99. The number of aromatic carboxylic acids is 1. The van der Waals surface area contributed by atoms with Crippen molar-refractivity contribution in [2.24, 2.45) is 0 Å². The molecule has 0 aliphatic heterocycles. The highest BCUT2D eigenvalue weighted by Crippen LogP contribution is 2.39. The third-order valence-corrected chi connectivity index (χ3v) is 4.40. The average Bonchev–Trinajstić information content (AvgIpc) is 3.31. The van der Waals surface area contributed by atoms with Gasteiger partial charge in [0.2, 0.25) is 0 Å². The van der Waals surface area contributed by atoms with Gasteiger partial charge in [0.1, 0.15) is 5.82 Å². The number of tetrazole rings is 1. The van der Waals surface area contributed by atoms with Crippen molar-refractivity contribution in [3.05, 3.63) is 58.6 Å². The van der Waals surface area contributed by atoms with E-state index in [4.69, 9.17) is 11.6 Å². The quantitative estimate of drug-likeness (QED) is 0.769. The zero-order valence-corrected chi connectivity index (χ0v) is 13.6. The van der Waals surface area contributed by atoms with Gasteiger partial charge < -0.3 is 5.11 Å². The minimum absolute atomic E-state index is 0.0742. The van der Waals surface area contributed by atoms with Gasteiger partial charge in [-0.25, -0.2) is 9.18 Å². The first kappa shape index (κ1) is 15.7. The Balaban J connectivity index is 1.89. The molecule has 1 aromatic heterocycles. The third-order valence-electron chi connectivity index (χ3n) is 4.09. The summed E-state index contributed by atoms with van der Waals surface area (Å²) in [6.07, 6.45) is 2.02. The molecule has 6 nitrogen and oxygen atoms in total. The first-order valence-corrected chi connectivity index (χ1v) is 8.03. The van der Waals surface area contributed by atoms with E-state index in [2.05, 4.69) is 15.5 Å². The van der Waals surface area contributed by atoms with Crippen LogP contribution >= 0.6 is 11.6 Å². The van der Waals surface area contributed by atoms with Gasteiger partial charge in [0.05, 0.1) is 16.3 Å². The molecular weight excluding hydrogens is 347 g/mol. The molecule has 126 valence electrons. The van der Waals surface area contributed by atoms with Crippen LogP contribution in [0.2, 0.25) is 5.02 Å². The molecule has 2 aromatic carbocycles. The fraction of sp³-hybridized carbons (Fsp3) is 0.176. The van der Waals surface area contributed by atoms with E-state index in [0.717, 1.165) is 12.8 Å². The molecule has 1 fully saturated rings. The Hall–Kier alpha value is -2.80. The zero-order valence-electron chi connectivity index (χ0n) is 12.9.